The van der Waals surface area contributed by atoms with Gasteiger partial charge in [0.05, 0.1) is 29.9 Å². The van der Waals surface area contributed by atoms with Crippen molar-refractivity contribution in [2.24, 2.45) is 0 Å². The number of hydrogen-bond donors (Lipinski definition) is 0. The van der Waals surface area contributed by atoms with Gasteiger partial charge in [-0.15, -0.1) is 0 Å². The van der Waals surface area contributed by atoms with E-state index in [0.29, 0.717) is 49.6 Å². The molecule has 0 unspecified atom stereocenters. The van der Waals surface area contributed by atoms with Gasteiger partial charge in [-0.3, -0.25) is 14.8 Å². The maximum absolute atomic E-state index is 13.6. The molecule has 1 aromatic carbocycles. The highest BCUT2D eigenvalue weighted by Gasteiger charge is 2.54. The minimum absolute atomic E-state index is 0.135. The molecule has 1 saturated heterocycles. The molecule has 4 rings (SSSR count). The van der Waals surface area contributed by atoms with Crippen LogP contribution in [0, 0.1) is 0 Å². The fourth-order valence-electron chi connectivity index (χ4n) is 4.16. The molecule has 1 aliphatic carbocycles. The molecule has 1 atom stereocenters. The van der Waals surface area contributed by atoms with Gasteiger partial charge >= 0.3 is 0 Å². The molecule has 7 nitrogen and oxygen atoms in total. The Bertz CT molecular complexity index is 977. The molecule has 2 aliphatic rings. The van der Waals surface area contributed by atoms with Gasteiger partial charge in [0.1, 0.15) is 6.10 Å². The number of carbonyl (C=O) groups is 1. The summed E-state index contributed by atoms with van der Waals surface area (Å²) in [6.45, 7) is 0.937. The SMILES string of the molecule is O=C(N1CCO[C@@H](c2cnccn2)C1)C1(S(=O)(=O)c2ccc(Cl)cc2)CCCC1. The van der Waals surface area contributed by atoms with Crippen LogP contribution >= 0.6 is 11.6 Å². The number of nitrogens with zero attached hydrogens (tertiary/aromatic N) is 3. The molecule has 1 amide bonds. The van der Waals surface area contributed by atoms with Crippen LogP contribution < -0.4 is 0 Å². The molecule has 2 heterocycles. The molecule has 0 radical (unpaired) electrons. The van der Waals surface area contributed by atoms with Crippen LogP contribution in [0.1, 0.15) is 37.5 Å². The molecule has 29 heavy (non-hydrogen) atoms. The monoisotopic (exact) mass is 435 g/mol. The molecule has 9 heteroatoms. The zero-order valence-corrected chi connectivity index (χ0v) is 17.4. The molecular formula is C20H22ClN3O4S. The number of sulfone groups is 1. The predicted octanol–water partition coefficient (Wildman–Crippen LogP) is 2.82. The Morgan fingerprint density at radius 1 is 1.17 bits per heavy atom. The summed E-state index contributed by atoms with van der Waals surface area (Å²) >= 11 is 5.92. The van der Waals surface area contributed by atoms with E-state index in [1.54, 1.807) is 35.6 Å². The topological polar surface area (TPSA) is 89.5 Å². The van der Waals surface area contributed by atoms with E-state index in [9.17, 15) is 13.2 Å². The van der Waals surface area contributed by atoms with E-state index in [1.807, 2.05) is 0 Å². The molecule has 1 aliphatic heterocycles. The van der Waals surface area contributed by atoms with Gasteiger partial charge in [0.25, 0.3) is 0 Å². The Labute approximate surface area is 175 Å². The second-order valence-electron chi connectivity index (χ2n) is 7.40. The van der Waals surface area contributed by atoms with Crippen LogP contribution in [0.25, 0.3) is 0 Å². The summed E-state index contributed by atoms with van der Waals surface area (Å²) in [6, 6.07) is 6.04. The van der Waals surface area contributed by atoms with Crippen LogP contribution in [0.3, 0.4) is 0 Å². The third kappa shape index (κ3) is 3.65. The highest BCUT2D eigenvalue weighted by molar-refractivity contribution is 7.93. The fraction of sp³-hybridized carbons (Fsp3) is 0.450. The smallest absolute Gasteiger partial charge is 0.244 e. The van der Waals surface area contributed by atoms with Crippen molar-refractivity contribution in [2.75, 3.05) is 19.7 Å². The highest BCUT2D eigenvalue weighted by Crippen LogP contribution is 2.42. The zero-order valence-electron chi connectivity index (χ0n) is 15.8. The van der Waals surface area contributed by atoms with Crippen molar-refractivity contribution in [2.45, 2.75) is 41.4 Å². The second-order valence-corrected chi connectivity index (χ2v) is 10.1. The normalized spacial score (nSPS) is 21.8. The first kappa shape index (κ1) is 20.3. The predicted molar refractivity (Wildman–Crippen MR) is 107 cm³/mol. The summed E-state index contributed by atoms with van der Waals surface area (Å²) in [5, 5.41) is 0.454. The Balaban J connectivity index is 1.64. The van der Waals surface area contributed by atoms with Gasteiger partial charge in [-0.2, -0.15) is 0 Å². The Morgan fingerprint density at radius 2 is 1.90 bits per heavy atom. The number of carbonyl (C=O) groups excluding carboxylic acids is 1. The van der Waals surface area contributed by atoms with E-state index in [2.05, 4.69) is 9.97 Å². The molecule has 2 fully saturated rings. The van der Waals surface area contributed by atoms with Crippen LogP contribution in [-0.2, 0) is 19.4 Å². The zero-order chi connectivity index (χ0) is 20.5. The number of ether oxygens (including phenoxy) is 1. The summed E-state index contributed by atoms with van der Waals surface area (Å²) in [6.07, 6.45) is 6.39. The average Bonchev–Trinajstić information content (AvgIpc) is 3.26. The van der Waals surface area contributed by atoms with Gasteiger partial charge in [0.15, 0.2) is 14.6 Å². The Morgan fingerprint density at radius 3 is 2.55 bits per heavy atom. The summed E-state index contributed by atoms with van der Waals surface area (Å²) in [7, 11) is -3.87. The molecule has 0 spiro atoms. The molecule has 154 valence electrons. The third-order valence-corrected chi connectivity index (χ3v) is 8.46. The van der Waals surface area contributed by atoms with Gasteiger partial charge in [0.2, 0.25) is 5.91 Å². The second kappa shape index (κ2) is 8.01. The fourth-order valence-corrected chi connectivity index (χ4v) is 6.42. The standard InChI is InChI=1S/C20H22ClN3O4S/c21-15-3-5-16(6-4-15)29(26,27)20(7-1-2-8-20)19(25)24-11-12-28-18(14-24)17-13-22-9-10-23-17/h3-6,9-10,13,18H,1-2,7-8,11-12,14H2/t18-/m1/s1. The molecule has 1 saturated carbocycles. The number of rotatable bonds is 4. The maximum atomic E-state index is 13.6. The van der Waals surface area contributed by atoms with E-state index in [1.165, 1.54) is 12.1 Å². The van der Waals surface area contributed by atoms with Crippen molar-refractivity contribution < 1.29 is 17.9 Å². The van der Waals surface area contributed by atoms with Crippen LogP contribution in [0.2, 0.25) is 5.02 Å². The maximum Gasteiger partial charge on any atom is 0.244 e. The summed E-state index contributed by atoms with van der Waals surface area (Å²) in [5.74, 6) is -0.345. The third-order valence-electron chi connectivity index (χ3n) is 5.71. The minimum atomic E-state index is -3.87. The number of benzene rings is 1. The van der Waals surface area contributed by atoms with E-state index in [-0.39, 0.29) is 17.3 Å². The number of amides is 1. The Hall–Kier alpha value is -2.03. The van der Waals surface area contributed by atoms with Crippen molar-refractivity contribution in [3.63, 3.8) is 0 Å². The summed E-state index contributed by atoms with van der Waals surface area (Å²) in [5.41, 5.74) is 0.631. The van der Waals surface area contributed by atoms with Crippen molar-refractivity contribution in [1.29, 1.82) is 0 Å². The van der Waals surface area contributed by atoms with Gasteiger partial charge < -0.3 is 9.64 Å². The van der Waals surface area contributed by atoms with Gasteiger partial charge in [-0.05, 0) is 37.1 Å². The molecule has 2 aromatic rings. The number of hydrogen-bond acceptors (Lipinski definition) is 6. The lowest BCUT2D eigenvalue weighted by Crippen LogP contribution is -2.55. The Kier molecular flexibility index (Phi) is 5.59. The van der Waals surface area contributed by atoms with Gasteiger partial charge in [0, 0.05) is 24.0 Å². The highest BCUT2D eigenvalue weighted by atomic mass is 35.5. The first-order valence-electron chi connectivity index (χ1n) is 9.61. The van der Waals surface area contributed by atoms with Crippen LogP contribution in [0.5, 0.6) is 0 Å². The van der Waals surface area contributed by atoms with Gasteiger partial charge in [-0.25, -0.2) is 8.42 Å². The van der Waals surface area contributed by atoms with E-state index in [4.69, 9.17) is 16.3 Å². The lowest BCUT2D eigenvalue weighted by atomic mass is 10.0. The molecule has 0 bridgehead atoms. The molecule has 1 aromatic heterocycles. The van der Waals surface area contributed by atoms with E-state index < -0.39 is 20.7 Å². The van der Waals surface area contributed by atoms with Gasteiger partial charge in [-0.1, -0.05) is 24.4 Å². The largest absolute Gasteiger partial charge is 0.368 e. The summed E-state index contributed by atoms with van der Waals surface area (Å²) in [4.78, 5) is 23.7. The molecule has 0 N–H and O–H groups in total. The van der Waals surface area contributed by atoms with Crippen LogP contribution in [0.4, 0.5) is 0 Å². The number of halogens is 1. The van der Waals surface area contributed by atoms with Crippen LogP contribution in [-0.4, -0.2) is 53.6 Å². The van der Waals surface area contributed by atoms with Crippen LogP contribution in [0.15, 0.2) is 47.8 Å². The van der Waals surface area contributed by atoms with Crippen molar-refractivity contribution in [1.82, 2.24) is 14.9 Å². The lowest BCUT2D eigenvalue weighted by molar-refractivity contribution is -0.141. The average molecular weight is 436 g/mol. The molecular weight excluding hydrogens is 414 g/mol. The number of aromatic nitrogens is 2. The first-order valence-corrected chi connectivity index (χ1v) is 11.5. The van der Waals surface area contributed by atoms with Crippen molar-refractivity contribution >= 4 is 27.3 Å². The summed E-state index contributed by atoms with van der Waals surface area (Å²) < 4.78 is 31.4. The first-order chi connectivity index (χ1) is 13.9. The van der Waals surface area contributed by atoms with E-state index >= 15 is 0 Å². The van der Waals surface area contributed by atoms with Crippen molar-refractivity contribution in [3.8, 4) is 0 Å². The van der Waals surface area contributed by atoms with E-state index in [0.717, 1.165) is 0 Å². The quantitative estimate of drug-likeness (QED) is 0.733. The number of morpholine rings is 1. The minimum Gasteiger partial charge on any atom is -0.368 e. The van der Waals surface area contributed by atoms with Crippen molar-refractivity contribution in [3.05, 3.63) is 53.6 Å². The lowest BCUT2D eigenvalue weighted by Gasteiger charge is -2.38.